The van der Waals surface area contributed by atoms with Crippen LogP contribution in [0.25, 0.3) is 0 Å². The van der Waals surface area contributed by atoms with E-state index in [1.807, 2.05) is 27.7 Å². The Morgan fingerprint density at radius 1 is 1.18 bits per heavy atom. The monoisotopic (exact) mass is 316 g/mol. The summed E-state index contributed by atoms with van der Waals surface area (Å²) in [6, 6.07) is 0. The molecule has 3 aliphatic rings. The van der Waals surface area contributed by atoms with Crippen molar-refractivity contribution in [3.8, 4) is 0 Å². The molecule has 1 N–H and O–H groups in total. The molecule has 0 atom stereocenters. The van der Waals surface area contributed by atoms with E-state index < -0.39 is 5.67 Å². The van der Waals surface area contributed by atoms with Crippen molar-refractivity contribution in [2.75, 3.05) is 32.7 Å². The van der Waals surface area contributed by atoms with Crippen LogP contribution in [0.1, 0.15) is 53.4 Å². The van der Waals surface area contributed by atoms with E-state index in [-0.39, 0.29) is 6.10 Å². The van der Waals surface area contributed by atoms with E-state index >= 15 is 0 Å². The molecule has 3 rings (SSSR count). The molecule has 0 unspecified atom stereocenters. The Morgan fingerprint density at radius 3 is 2.14 bits per heavy atom. The van der Waals surface area contributed by atoms with Crippen molar-refractivity contribution in [3.63, 3.8) is 0 Å². The maximum Gasteiger partial charge on any atom is 0.293 e. The Morgan fingerprint density at radius 2 is 1.73 bits per heavy atom. The summed E-state index contributed by atoms with van der Waals surface area (Å²) in [6.45, 7) is 12.1. The van der Waals surface area contributed by atoms with Crippen LogP contribution in [0.3, 0.4) is 0 Å². The molecule has 0 aromatic rings. The Labute approximate surface area is 134 Å². The summed E-state index contributed by atoms with van der Waals surface area (Å²) < 4.78 is 19.0. The van der Waals surface area contributed by atoms with Gasteiger partial charge < -0.3 is 15.0 Å². The number of carbonyl (C=O) groups excluding carboxylic acids is 1. The van der Waals surface area contributed by atoms with Crippen LogP contribution in [0, 0.1) is 5.41 Å². The van der Waals surface area contributed by atoms with E-state index in [0.29, 0.717) is 31.5 Å². The van der Waals surface area contributed by atoms with Gasteiger partial charge in [-0.1, -0.05) is 27.7 Å². The third-order valence-corrected chi connectivity index (χ3v) is 4.88. The second kappa shape index (κ2) is 8.82. The zero-order valence-electron chi connectivity index (χ0n) is 14.7. The van der Waals surface area contributed by atoms with Gasteiger partial charge in [0.25, 0.3) is 6.47 Å². The summed E-state index contributed by atoms with van der Waals surface area (Å²) >= 11 is 0. The quantitative estimate of drug-likeness (QED) is 0.810. The van der Waals surface area contributed by atoms with Gasteiger partial charge in [0, 0.05) is 19.6 Å². The number of hydrogen-bond acceptors (Lipinski definition) is 4. The largest absolute Gasteiger partial charge is 0.465 e. The standard InChI is InChI=1S/C13H21FN2O2.2C2H6/c14-13(7-15-8-13)9-16-3-1-12(2-4-16)5-11(6-12)18-10-17;2*1-2/h10-11,15H,1-9H2;2*1-2H3. The lowest BCUT2D eigenvalue weighted by molar-refractivity contribution is -0.150. The van der Waals surface area contributed by atoms with Gasteiger partial charge in [0.05, 0.1) is 0 Å². The van der Waals surface area contributed by atoms with Gasteiger partial charge >= 0.3 is 0 Å². The number of hydrogen-bond donors (Lipinski definition) is 1. The maximum atomic E-state index is 14.0. The summed E-state index contributed by atoms with van der Waals surface area (Å²) in [6.07, 6.45) is 4.38. The molecule has 5 heteroatoms. The predicted octanol–water partition coefficient (Wildman–Crippen LogP) is 2.77. The average molecular weight is 316 g/mol. The summed E-state index contributed by atoms with van der Waals surface area (Å²) in [5.41, 5.74) is -0.612. The van der Waals surface area contributed by atoms with Crippen LogP contribution in [0.4, 0.5) is 4.39 Å². The third-order valence-electron chi connectivity index (χ3n) is 4.88. The minimum Gasteiger partial charge on any atom is -0.465 e. The smallest absolute Gasteiger partial charge is 0.293 e. The first-order chi connectivity index (χ1) is 10.6. The fraction of sp³-hybridized carbons (Fsp3) is 0.941. The highest BCUT2D eigenvalue weighted by Gasteiger charge is 2.48. The van der Waals surface area contributed by atoms with E-state index in [1.54, 1.807) is 0 Å². The van der Waals surface area contributed by atoms with E-state index in [2.05, 4.69) is 10.2 Å². The molecule has 22 heavy (non-hydrogen) atoms. The number of nitrogens with one attached hydrogen (secondary N) is 1. The highest BCUT2D eigenvalue weighted by Crippen LogP contribution is 2.50. The van der Waals surface area contributed by atoms with Crippen LogP contribution in [0.5, 0.6) is 0 Å². The Bertz CT molecular complexity index is 319. The van der Waals surface area contributed by atoms with Crippen LogP contribution in [-0.4, -0.2) is 55.9 Å². The lowest BCUT2D eigenvalue weighted by Crippen LogP contribution is -2.63. The van der Waals surface area contributed by atoms with Crippen molar-refractivity contribution in [2.24, 2.45) is 5.41 Å². The molecule has 0 aromatic carbocycles. The topological polar surface area (TPSA) is 41.6 Å². The lowest BCUT2D eigenvalue weighted by atomic mass is 9.61. The highest BCUT2D eigenvalue weighted by molar-refractivity contribution is 5.37. The molecule has 130 valence electrons. The van der Waals surface area contributed by atoms with Crippen LogP contribution in [-0.2, 0) is 9.53 Å². The highest BCUT2D eigenvalue weighted by atomic mass is 19.1. The molecule has 0 amide bonds. The Hall–Kier alpha value is -0.680. The second-order valence-corrected chi connectivity index (χ2v) is 6.29. The van der Waals surface area contributed by atoms with Crippen LogP contribution >= 0.6 is 0 Å². The molecule has 3 fully saturated rings. The SMILES string of the molecule is CC.CC.O=COC1CC2(CCN(CC3(F)CNC3)CC2)C1. The number of nitrogens with zero attached hydrogens (tertiary/aromatic N) is 1. The average Bonchev–Trinajstić information content (AvgIpc) is 2.50. The maximum absolute atomic E-state index is 14.0. The fourth-order valence-electron chi connectivity index (χ4n) is 3.58. The van der Waals surface area contributed by atoms with Gasteiger partial charge in [0.2, 0.25) is 0 Å². The molecule has 1 aliphatic carbocycles. The zero-order chi connectivity index (χ0) is 16.6. The third kappa shape index (κ3) is 4.66. The number of carbonyl (C=O) groups is 1. The van der Waals surface area contributed by atoms with Gasteiger partial charge in [-0.2, -0.15) is 0 Å². The van der Waals surface area contributed by atoms with Crippen molar-refractivity contribution in [2.45, 2.75) is 65.2 Å². The van der Waals surface area contributed by atoms with Crippen molar-refractivity contribution in [1.82, 2.24) is 10.2 Å². The summed E-state index contributed by atoms with van der Waals surface area (Å²) in [7, 11) is 0. The van der Waals surface area contributed by atoms with Crippen molar-refractivity contribution >= 4 is 6.47 Å². The number of likely N-dealkylation sites (tertiary alicyclic amines) is 1. The van der Waals surface area contributed by atoms with Gasteiger partial charge in [-0.15, -0.1) is 0 Å². The second-order valence-electron chi connectivity index (χ2n) is 6.29. The van der Waals surface area contributed by atoms with E-state index in [0.717, 1.165) is 38.8 Å². The van der Waals surface area contributed by atoms with Gasteiger partial charge in [-0.05, 0) is 44.2 Å². The number of rotatable bonds is 4. The molecule has 0 radical (unpaired) electrons. The van der Waals surface area contributed by atoms with Crippen molar-refractivity contribution in [1.29, 1.82) is 0 Å². The molecule has 2 heterocycles. The molecule has 1 spiro atoms. The number of alkyl halides is 1. The predicted molar refractivity (Wildman–Crippen MR) is 87.7 cm³/mol. The Balaban J connectivity index is 0.000000561. The molecule has 0 aromatic heterocycles. The minimum atomic E-state index is -0.993. The number of piperidine rings is 1. The molecule has 4 nitrogen and oxygen atoms in total. The minimum absolute atomic E-state index is 0.136. The van der Waals surface area contributed by atoms with Crippen LogP contribution in [0.2, 0.25) is 0 Å². The summed E-state index contributed by atoms with van der Waals surface area (Å²) in [4.78, 5) is 12.5. The first-order valence-corrected chi connectivity index (χ1v) is 8.84. The Kier molecular flexibility index (Phi) is 7.77. The van der Waals surface area contributed by atoms with Crippen molar-refractivity contribution in [3.05, 3.63) is 0 Å². The molecule has 0 bridgehead atoms. The van der Waals surface area contributed by atoms with E-state index in [4.69, 9.17) is 4.74 Å². The number of ether oxygens (including phenoxy) is 1. The van der Waals surface area contributed by atoms with Gasteiger partial charge in [0.15, 0.2) is 0 Å². The molecular weight excluding hydrogens is 283 g/mol. The summed E-state index contributed by atoms with van der Waals surface area (Å²) in [5, 5.41) is 3.00. The summed E-state index contributed by atoms with van der Waals surface area (Å²) in [5.74, 6) is 0. The van der Waals surface area contributed by atoms with Gasteiger partial charge in [0.1, 0.15) is 11.8 Å². The lowest BCUT2D eigenvalue weighted by Gasteiger charge is -2.52. The van der Waals surface area contributed by atoms with Gasteiger partial charge in [-0.3, -0.25) is 4.79 Å². The number of halogens is 1. The van der Waals surface area contributed by atoms with Crippen LogP contribution < -0.4 is 5.32 Å². The molecular formula is C17H33FN2O2. The zero-order valence-corrected chi connectivity index (χ0v) is 14.7. The molecule has 1 saturated carbocycles. The normalized spacial score (nSPS) is 25.5. The van der Waals surface area contributed by atoms with E-state index in [9.17, 15) is 9.18 Å². The van der Waals surface area contributed by atoms with Crippen LogP contribution in [0.15, 0.2) is 0 Å². The van der Waals surface area contributed by atoms with Gasteiger partial charge in [-0.25, -0.2) is 4.39 Å². The first-order valence-electron chi connectivity index (χ1n) is 8.84. The molecule has 2 aliphatic heterocycles. The van der Waals surface area contributed by atoms with E-state index in [1.165, 1.54) is 0 Å². The molecule has 2 saturated heterocycles. The first kappa shape index (κ1) is 19.4. The van der Waals surface area contributed by atoms with Crippen molar-refractivity contribution < 1.29 is 13.9 Å². The fourth-order valence-corrected chi connectivity index (χ4v) is 3.58.